The number of benzene rings is 2. The molecule has 2 aromatic carbocycles. The Morgan fingerprint density at radius 1 is 1.14 bits per heavy atom. The third-order valence-corrected chi connectivity index (χ3v) is 3.37. The molecule has 0 aromatic heterocycles. The molecule has 0 aliphatic heterocycles. The maximum absolute atomic E-state index is 13.4. The number of nitrogens with zero attached hydrogens (tertiary/aromatic N) is 1. The molecule has 0 aliphatic carbocycles. The summed E-state index contributed by atoms with van der Waals surface area (Å²) in [6.45, 7) is 2.43. The number of hydrogen-bond acceptors (Lipinski definition) is 2. The lowest BCUT2D eigenvalue weighted by molar-refractivity contribution is 0.290. The van der Waals surface area contributed by atoms with Gasteiger partial charge in [0.25, 0.3) is 0 Å². The molecule has 0 amide bonds. The average molecular weight is 283 g/mol. The second-order valence-corrected chi connectivity index (χ2v) is 5.01. The third kappa shape index (κ3) is 4.32. The van der Waals surface area contributed by atoms with E-state index in [2.05, 4.69) is 6.07 Å². The quantitative estimate of drug-likeness (QED) is 0.726. The van der Waals surface area contributed by atoms with Gasteiger partial charge in [-0.1, -0.05) is 42.0 Å². The van der Waals surface area contributed by atoms with Crippen LogP contribution in [0.25, 0.3) is 0 Å². The van der Waals surface area contributed by atoms with Gasteiger partial charge in [0.15, 0.2) is 11.6 Å². The topological polar surface area (TPSA) is 33.0 Å². The van der Waals surface area contributed by atoms with Crippen molar-refractivity contribution >= 4 is 0 Å². The Hall–Kier alpha value is -2.34. The summed E-state index contributed by atoms with van der Waals surface area (Å²) in [7, 11) is 0. The number of nitriles is 1. The monoisotopic (exact) mass is 283 g/mol. The van der Waals surface area contributed by atoms with Crippen LogP contribution in [0.15, 0.2) is 48.5 Å². The smallest absolute Gasteiger partial charge is 0.165 e. The maximum Gasteiger partial charge on any atom is 0.165 e. The van der Waals surface area contributed by atoms with E-state index in [9.17, 15) is 9.65 Å². The van der Waals surface area contributed by atoms with Gasteiger partial charge in [-0.2, -0.15) is 5.26 Å². The number of rotatable bonds is 6. The Bertz CT molecular complexity index is 616. The van der Waals surface area contributed by atoms with E-state index in [0.29, 0.717) is 19.4 Å². The number of para-hydroxylation sites is 1. The molecule has 0 saturated carbocycles. The van der Waals surface area contributed by atoms with Crippen LogP contribution >= 0.6 is 0 Å². The summed E-state index contributed by atoms with van der Waals surface area (Å²) in [5.41, 5.74) is 2.20. The molecule has 0 fully saturated rings. The molecule has 21 heavy (non-hydrogen) atoms. The second kappa shape index (κ2) is 7.44. The first-order chi connectivity index (χ1) is 10.2. The molecule has 0 N–H and O–H groups in total. The molecule has 108 valence electrons. The van der Waals surface area contributed by atoms with Crippen LogP contribution in [0, 0.1) is 24.1 Å². The fourth-order valence-corrected chi connectivity index (χ4v) is 2.14. The lowest BCUT2D eigenvalue weighted by Gasteiger charge is -2.11. The molecule has 2 nitrogen and oxygen atoms in total. The van der Waals surface area contributed by atoms with Crippen LogP contribution < -0.4 is 4.74 Å². The van der Waals surface area contributed by atoms with Gasteiger partial charge in [-0.3, -0.25) is 0 Å². The molecule has 1 atom stereocenters. The van der Waals surface area contributed by atoms with Crippen molar-refractivity contribution in [1.29, 1.82) is 5.26 Å². The summed E-state index contributed by atoms with van der Waals surface area (Å²) < 4.78 is 18.8. The van der Waals surface area contributed by atoms with Crippen molar-refractivity contribution in [3.8, 4) is 11.8 Å². The Balaban J connectivity index is 1.83. The van der Waals surface area contributed by atoms with Gasteiger partial charge in [-0.15, -0.1) is 0 Å². The van der Waals surface area contributed by atoms with Gasteiger partial charge in [-0.05, 0) is 37.5 Å². The van der Waals surface area contributed by atoms with Crippen molar-refractivity contribution in [3.63, 3.8) is 0 Å². The Morgan fingerprint density at radius 2 is 1.86 bits per heavy atom. The third-order valence-electron chi connectivity index (χ3n) is 3.37. The van der Waals surface area contributed by atoms with Crippen molar-refractivity contribution in [2.45, 2.75) is 25.7 Å². The maximum atomic E-state index is 13.4. The first-order valence-corrected chi connectivity index (χ1v) is 7.04. The molecule has 0 spiro atoms. The van der Waals surface area contributed by atoms with Crippen molar-refractivity contribution in [2.24, 2.45) is 0 Å². The molecule has 0 radical (unpaired) electrons. The van der Waals surface area contributed by atoms with Crippen molar-refractivity contribution in [2.75, 3.05) is 6.61 Å². The van der Waals surface area contributed by atoms with Crippen LogP contribution in [0.4, 0.5) is 4.39 Å². The molecular weight excluding hydrogens is 265 g/mol. The minimum absolute atomic E-state index is 0.144. The summed E-state index contributed by atoms with van der Waals surface area (Å²) in [6, 6.07) is 16.7. The minimum Gasteiger partial charge on any atom is -0.491 e. The van der Waals surface area contributed by atoms with E-state index >= 15 is 0 Å². The van der Waals surface area contributed by atoms with E-state index < -0.39 is 0 Å². The fourth-order valence-electron chi connectivity index (χ4n) is 2.14. The highest BCUT2D eigenvalue weighted by Gasteiger charge is 2.10. The zero-order valence-electron chi connectivity index (χ0n) is 12.1. The van der Waals surface area contributed by atoms with Gasteiger partial charge in [0.05, 0.1) is 18.6 Å². The van der Waals surface area contributed by atoms with Crippen LogP contribution in [0.2, 0.25) is 0 Å². The van der Waals surface area contributed by atoms with Gasteiger partial charge in [-0.25, -0.2) is 4.39 Å². The highest BCUT2D eigenvalue weighted by atomic mass is 19.1. The van der Waals surface area contributed by atoms with E-state index in [1.807, 2.05) is 31.2 Å². The lowest BCUT2D eigenvalue weighted by Crippen LogP contribution is -2.03. The van der Waals surface area contributed by atoms with E-state index in [-0.39, 0.29) is 17.5 Å². The summed E-state index contributed by atoms with van der Waals surface area (Å²) in [6.07, 6.45) is 1.41. The summed E-state index contributed by atoms with van der Waals surface area (Å²) in [5.74, 6) is -0.232. The molecule has 2 aromatic rings. The largest absolute Gasteiger partial charge is 0.491 e. The zero-order chi connectivity index (χ0) is 15.1. The first-order valence-electron chi connectivity index (χ1n) is 7.04. The van der Waals surface area contributed by atoms with Crippen LogP contribution in [0.1, 0.15) is 29.9 Å². The summed E-state index contributed by atoms with van der Waals surface area (Å²) >= 11 is 0. The molecule has 0 heterocycles. The number of halogens is 1. The van der Waals surface area contributed by atoms with Crippen molar-refractivity contribution in [1.82, 2.24) is 0 Å². The molecule has 3 heteroatoms. The SMILES string of the molecule is Cc1ccc(C(C#N)CCCOc2ccccc2F)cc1. The number of hydrogen-bond donors (Lipinski definition) is 0. The van der Waals surface area contributed by atoms with Gasteiger partial charge in [0.2, 0.25) is 0 Å². The average Bonchev–Trinajstić information content (AvgIpc) is 2.50. The summed E-state index contributed by atoms with van der Waals surface area (Å²) in [4.78, 5) is 0. The molecule has 1 unspecified atom stereocenters. The van der Waals surface area contributed by atoms with Crippen molar-refractivity contribution < 1.29 is 9.13 Å². The summed E-state index contributed by atoms with van der Waals surface area (Å²) in [5, 5.41) is 9.26. The molecular formula is C18H18FNO. The van der Waals surface area contributed by atoms with Gasteiger partial charge < -0.3 is 4.74 Å². The molecule has 0 aliphatic rings. The van der Waals surface area contributed by atoms with E-state index in [4.69, 9.17) is 4.74 Å². The second-order valence-electron chi connectivity index (χ2n) is 5.01. The Kier molecular flexibility index (Phi) is 5.34. The number of ether oxygens (including phenoxy) is 1. The number of aryl methyl sites for hydroxylation is 1. The van der Waals surface area contributed by atoms with Crippen molar-refractivity contribution in [3.05, 3.63) is 65.5 Å². The molecule has 2 rings (SSSR count). The van der Waals surface area contributed by atoms with Crippen LogP contribution in [0.5, 0.6) is 5.75 Å². The molecule has 0 bridgehead atoms. The Morgan fingerprint density at radius 3 is 2.52 bits per heavy atom. The highest BCUT2D eigenvalue weighted by Crippen LogP contribution is 2.22. The lowest BCUT2D eigenvalue weighted by atomic mass is 9.95. The van der Waals surface area contributed by atoms with E-state index in [0.717, 1.165) is 5.56 Å². The van der Waals surface area contributed by atoms with Gasteiger partial charge in [0.1, 0.15) is 0 Å². The van der Waals surface area contributed by atoms with Crippen LogP contribution in [-0.2, 0) is 0 Å². The minimum atomic E-state index is -0.354. The van der Waals surface area contributed by atoms with E-state index in [1.165, 1.54) is 11.6 Å². The molecule has 0 saturated heterocycles. The van der Waals surface area contributed by atoms with Gasteiger partial charge >= 0.3 is 0 Å². The zero-order valence-corrected chi connectivity index (χ0v) is 12.1. The predicted octanol–water partition coefficient (Wildman–Crippen LogP) is 4.60. The predicted molar refractivity (Wildman–Crippen MR) is 80.7 cm³/mol. The normalized spacial score (nSPS) is 11.7. The van der Waals surface area contributed by atoms with Crippen LogP contribution in [-0.4, -0.2) is 6.61 Å². The van der Waals surface area contributed by atoms with Gasteiger partial charge in [0, 0.05) is 0 Å². The first kappa shape index (κ1) is 15.1. The van der Waals surface area contributed by atoms with Crippen LogP contribution in [0.3, 0.4) is 0 Å². The standard InChI is InChI=1S/C18H18FNO/c1-14-8-10-15(11-9-14)16(13-20)5-4-12-21-18-7-3-2-6-17(18)19/h2-3,6-11,16H,4-5,12H2,1H3. The Labute approximate surface area is 124 Å². The fraction of sp³-hybridized carbons (Fsp3) is 0.278. The highest BCUT2D eigenvalue weighted by molar-refractivity contribution is 5.28. The van der Waals surface area contributed by atoms with E-state index in [1.54, 1.807) is 18.2 Å².